The van der Waals surface area contributed by atoms with Gasteiger partial charge in [-0.05, 0) is 194 Å². The zero-order valence-electron chi connectivity index (χ0n) is 63.2. The maximum Gasteiger partial charge on any atom is 0.419 e. The van der Waals surface area contributed by atoms with E-state index in [-0.39, 0.29) is 145 Å². The number of pyridine rings is 5. The number of aliphatic carboxylic acids is 1. The van der Waals surface area contributed by atoms with Crippen LogP contribution >= 0.6 is 28.3 Å². The number of amides is 1. The first kappa shape index (κ1) is 84.1. The van der Waals surface area contributed by atoms with Crippen LogP contribution in [0.4, 0.5) is 17.6 Å². The number of carboxylic acids is 1. The molecule has 11 aromatic rings. The number of azide groups is 1. The molecular weight excluding hydrogens is 1660 g/mol. The molecule has 5 saturated carbocycles. The van der Waals surface area contributed by atoms with Crippen LogP contribution in [-0.2, 0) is 46.0 Å². The number of ketones is 1. The molecule has 121 heavy (non-hydrogen) atoms. The van der Waals surface area contributed by atoms with Crippen LogP contribution in [0.1, 0.15) is 96.2 Å². The Hall–Kier alpha value is -13.4. The van der Waals surface area contributed by atoms with Gasteiger partial charge in [-0.2, -0.15) is 13.2 Å². The van der Waals surface area contributed by atoms with Gasteiger partial charge in [-0.1, -0.05) is 29.4 Å². The summed E-state index contributed by atoms with van der Waals surface area (Å²) in [7, 11) is 0. The molecular formula is C89H74BrClF4N8O18. The molecule has 5 aliphatic carbocycles. The van der Waals surface area contributed by atoms with E-state index in [0.717, 1.165) is 78.6 Å². The van der Waals surface area contributed by atoms with E-state index < -0.39 is 35.4 Å². The van der Waals surface area contributed by atoms with Crippen LogP contribution in [0.2, 0.25) is 0 Å². The quantitative estimate of drug-likeness (QED) is 0.0265. The lowest BCUT2D eigenvalue weighted by Gasteiger charge is -2.11. The van der Waals surface area contributed by atoms with Gasteiger partial charge in [0.1, 0.15) is 140 Å². The molecule has 10 aliphatic rings. The number of Topliss-reactive ketones (excluding diaryl/α,β-unsaturated/α-hetero) is 1. The molecule has 26 nitrogen and oxygen atoms in total. The number of fused-ring (bicyclic) bond motifs is 15. The van der Waals surface area contributed by atoms with E-state index in [1.807, 2.05) is 85.8 Å². The highest BCUT2D eigenvalue weighted by Crippen LogP contribution is 2.64. The Morgan fingerprint density at radius 3 is 1.18 bits per heavy atom. The summed E-state index contributed by atoms with van der Waals surface area (Å²) in [5, 5.41) is 21.6. The van der Waals surface area contributed by atoms with E-state index in [2.05, 4.69) is 50.9 Å². The Balaban J connectivity index is 0.000000122. The summed E-state index contributed by atoms with van der Waals surface area (Å²) >= 11 is 3.27. The van der Waals surface area contributed by atoms with Gasteiger partial charge in [0.05, 0.1) is 24.7 Å². The number of ether oxygens (including phenoxy) is 11. The first-order valence-corrected chi connectivity index (χ1v) is 38.6. The van der Waals surface area contributed by atoms with Crippen LogP contribution in [0.5, 0.6) is 80.5 Å². The van der Waals surface area contributed by atoms with Gasteiger partial charge in [-0.3, -0.25) is 48.9 Å². The summed E-state index contributed by atoms with van der Waals surface area (Å²) in [5.74, 6) is 5.26. The molecule has 0 saturated heterocycles. The molecule has 0 spiro atoms. The van der Waals surface area contributed by atoms with Gasteiger partial charge in [0, 0.05) is 148 Å². The van der Waals surface area contributed by atoms with Crippen molar-refractivity contribution in [3.8, 4) is 80.5 Å². The number of aromatic nitrogens is 5. The number of carbonyl (C=O) groups is 5. The number of carboxylic acid groups (broad SMARTS) is 1. The predicted octanol–water partition coefficient (Wildman–Crippen LogP) is 18.6. The monoisotopic (exact) mass is 1730 g/mol. The third-order valence-electron chi connectivity index (χ3n) is 21.2. The largest absolute Gasteiger partial charge is 0.508 e. The van der Waals surface area contributed by atoms with Crippen molar-refractivity contribution in [1.82, 2.24) is 24.9 Å². The summed E-state index contributed by atoms with van der Waals surface area (Å²) in [6, 6.07) is 47.8. The van der Waals surface area contributed by atoms with Crippen molar-refractivity contribution >= 4 is 57.9 Å². The summed E-state index contributed by atoms with van der Waals surface area (Å²) in [5.41, 5.74) is 11.9. The van der Waals surface area contributed by atoms with Crippen LogP contribution in [0.3, 0.4) is 0 Å². The van der Waals surface area contributed by atoms with Gasteiger partial charge in [-0.25, -0.2) is 4.39 Å². The first-order chi connectivity index (χ1) is 57.7. The molecule has 0 radical (unpaired) electrons. The second kappa shape index (κ2) is 36.1. The Kier molecular flexibility index (Phi) is 25.1. The number of carbonyl (C=O) groups excluding carboxylic acids is 4. The Labute approximate surface area is 703 Å². The van der Waals surface area contributed by atoms with Crippen LogP contribution < -0.4 is 42.6 Å². The molecule has 5 aromatic heterocycles. The SMILES string of the molecule is Brc1ccncc1.C.CCOC(=O)[C@@H]1[C@H]2Oc3ccc(O)cc3[C@H]21.CCOC(=O)[C@@H]1[C@H]2Oc3ccc(Oc4ccncc4)cc3[C@H]21.Cl.O=C(Cc1ccc(F)c(C(F)(F)F)c1)C[C@@H]1[C@H]2Oc3ccc(Oc4ccncc4)cc3[C@@H]12.O=C(O)[C@@H]1[C@H]2Oc3ccc(Oc4ccncc4)cc3[C@H]21.[N-]=[N+]=NC(=O)[C@@H]1[C@H]2Oc3ccc(Oc4ccncc4)cc3[C@H]21. The van der Waals surface area contributed by atoms with E-state index >= 15 is 0 Å². The minimum atomic E-state index is -4.80. The van der Waals surface area contributed by atoms with Crippen molar-refractivity contribution in [1.29, 1.82) is 0 Å². The maximum absolute atomic E-state index is 13.5. The van der Waals surface area contributed by atoms with Crippen molar-refractivity contribution in [3.05, 3.63) is 292 Å². The lowest BCUT2D eigenvalue weighted by molar-refractivity contribution is -0.146. The number of halogens is 6. The number of alkyl halides is 3. The van der Waals surface area contributed by atoms with Gasteiger partial charge in [-0.15, -0.1) is 12.4 Å². The summed E-state index contributed by atoms with van der Waals surface area (Å²) in [6.07, 6.45) is 11.2. The lowest BCUT2D eigenvalue weighted by atomic mass is 10.00. The smallest absolute Gasteiger partial charge is 0.419 e. The van der Waals surface area contributed by atoms with Gasteiger partial charge >= 0.3 is 24.1 Å². The first-order valence-electron chi connectivity index (χ1n) is 37.8. The van der Waals surface area contributed by atoms with Gasteiger partial charge < -0.3 is 62.3 Å². The van der Waals surface area contributed by atoms with Crippen molar-refractivity contribution in [2.24, 2.45) is 34.7 Å². The maximum atomic E-state index is 13.5. The van der Waals surface area contributed by atoms with E-state index in [1.54, 1.807) is 142 Å². The van der Waals surface area contributed by atoms with Gasteiger partial charge in [0.15, 0.2) is 0 Å². The van der Waals surface area contributed by atoms with Crippen LogP contribution in [0.15, 0.2) is 241 Å². The summed E-state index contributed by atoms with van der Waals surface area (Å²) in [4.78, 5) is 80.7. The second-order valence-electron chi connectivity index (χ2n) is 28.7. The Morgan fingerprint density at radius 1 is 0.463 bits per heavy atom. The molecule has 32 heteroatoms. The van der Waals surface area contributed by atoms with Crippen molar-refractivity contribution < 1.29 is 104 Å². The molecule has 1 amide bonds. The Morgan fingerprint density at radius 2 is 0.810 bits per heavy atom. The minimum absolute atomic E-state index is 0. The molecule has 10 heterocycles. The number of phenolic OH excluding ortho intramolecular Hbond substituents is 1. The predicted molar refractivity (Wildman–Crippen MR) is 430 cm³/mol. The average Bonchev–Trinajstić information content (AvgIpc) is 1.58. The zero-order chi connectivity index (χ0) is 82.8. The number of esters is 2. The molecule has 5 aliphatic heterocycles. The Bertz CT molecular complexity index is 5710. The highest BCUT2D eigenvalue weighted by atomic mass is 79.9. The lowest BCUT2D eigenvalue weighted by Crippen LogP contribution is -2.13. The van der Waals surface area contributed by atoms with Crippen LogP contribution in [-0.4, -0.2) is 108 Å². The standard InChI is InChI=1S/C24H17F4NO3.C17H15NO4.C15H10N4O3.C15H11NO4.C12H12O4.C5H4BrN.CH4.ClH/c25-20-3-1-13(10-19(20)24(26,27)28)9-14(30)11-18-22-17-12-16(2-4-21(17)32-23(18)22)31-15-5-7-29-8-6-15;1-2-20-17(19)15-14-12-9-11(3-4-13(12)22-16(14)15)21-10-5-7-18-8-6-10;16-19-18-15(20)13-12-10-7-9(1-2-11(10)22-14(12)13)21-8-3-5-17-6-4-8;17-15(18)13-12-10-7-9(1-2-11(10)20-14(12)13)19-8-3-5-16-6-4-8;1-2-15-12(14)10-9-7-5-6(13)3-4-8(7)16-11(9)10;6-5-1-3-7-4-2-5;;/h1-8,10,12,18,22-23H,9,11H2;3-9,14-16H,2H2,1H3;1-7,12-14H;1-7,12-14H,(H,17,18);3-5,9-11,13H,2H2,1H3;1-4H;1H4;1H/t18-,22-,23+;14-,15-,16-;2*12-,13-,14-;9-,10-,11-;;;/m00000.../s1. The fourth-order valence-electron chi connectivity index (χ4n) is 15.5. The topological polar surface area (TPSA) is 341 Å². The molecule has 15 atom stereocenters. The number of hydrogen-bond donors (Lipinski definition) is 2. The third-order valence-corrected chi connectivity index (χ3v) is 21.7. The molecule has 620 valence electrons. The molecule has 5 fully saturated rings. The van der Waals surface area contributed by atoms with E-state index in [1.165, 1.54) is 6.07 Å². The van der Waals surface area contributed by atoms with Gasteiger partial charge in [0.25, 0.3) is 0 Å². The van der Waals surface area contributed by atoms with Crippen LogP contribution in [0, 0.1) is 35.4 Å². The van der Waals surface area contributed by atoms with Crippen molar-refractivity contribution in [3.63, 3.8) is 0 Å². The van der Waals surface area contributed by atoms with E-state index in [4.69, 9.17) is 62.7 Å². The van der Waals surface area contributed by atoms with Gasteiger partial charge in [0.2, 0.25) is 5.91 Å². The second-order valence-corrected chi connectivity index (χ2v) is 29.7. The molecule has 21 rings (SSSR count). The van der Waals surface area contributed by atoms with E-state index in [0.29, 0.717) is 53.8 Å². The third kappa shape index (κ3) is 18.7. The number of nitrogens with zero attached hydrogens (tertiary/aromatic N) is 8. The van der Waals surface area contributed by atoms with Crippen molar-refractivity contribution in [2.75, 3.05) is 13.2 Å². The number of aromatic hydroxyl groups is 1. The normalized spacial score (nSPS) is 22.7. The molecule has 0 bridgehead atoms. The summed E-state index contributed by atoms with van der Waals surface area (Å²) < 4.78 is 115. The fourth-order valence-corrected chi connectivity index (χ4v) is 15.8. The number of benzene rings is 6. The van der Waals surface area contributed by atoms with Crippen LogP contribution in [0.25, 0.3) is 10.4 Å². The number of hydrogen-bond acceptors (Lipinski definition) is 22. The van der Waals surface area contributed by atoms with Crippen molar-refractivity contribution in [2.45, 2.75) is 100 Å². The number of phenols is 1. The van der Waals surface area contributed by atoms with E-state index in [9.17, 15) is 46.6 Å². The zero-order valence-corrected chi connectivity index (χ0v) is 65.6. The average molecular weight is 1730 g/mol. The number of rotatable bonds is 18. The highest BCUT2D eigenvalue weighted by Gasteiger charge is 2.66. The fraction of sp³-hybridized carbons (Fsp3) is 0.258. The summed E-state index contributed by atoms with van der Waals surface area (Å²) in [6.45, 7) is 4.39. The molecule has 2 N–H and O–H groups in total. The molecule has 0 unspecified atom stereocenters. The molecule has 6 aromatic carbocycles. The highest BCUT2D eigenvalue weighted by molar-refractivity contribution is 9.10. The minimum Gasteiger partial charge on any atom is -0.508 e.